The smallest absolute Gasteiger partial charge is 0.253 e. The maximum Gasteiger partial charge on any atom is 0.253 e. The first-order chi connectivity index (χ1) is 13.6. The Balaban J connectivity index is 1.39. The van der Waals surface area contributed by atoms with Gasteiger partial charge in [0.1, 0.15) is 0 Å². The lowest BCUT2D eigenvalue weighted by Gasteiger charge is -2.10. The quantitative estimate of drug-likeness (QED) is 0.716. The van der Waals surface area contributed by atoms with Crippen molar-refractivity contribution in [2.45, 2.75) is 26.8 Å². The summed E-state index contributed by atoms with van der Waals surface area (Å²) in [5.74, 6) is 1.48. The van der Waals surface area contributed by atoms with Gasteiger partial charge in [-0.05, 0) is 56.2 Å². The number of aromatic nitrogens is 2. The SMILES string of the molecule is Cc1cc(C(=O)NCCc2ccc3c(c2)OCO3)c(C)n1Cc1ccccn1. The van der Waals surface area contributed by atoms with Crippen molar-refractivity contribution in [2.75, 3.05) is 13.3 Å². The van der Waals surface area contributed by atoms with Gasteiger partial charge in [0.25, 0.3) is 5.91 Å². The van der Waals surface area contributed by atoms with Crippen molar-refractivity contribution >= 4 is 5.91 Å². The summed E-state index contributed by atoms with van der Waals surface area (Å²) in [5.41, 5.74) is 4.77. The second-order valence-electron chi connectivity index (χ2n) is 6.89. The molecule has 6 nitrogen and oxygen atoms in total. The maximum atomic E-state index is 12.7. The molecule has 0 unspecified atom stereocenters. The highest BCUT2D eigenvalue weighted by Crippen LogP contribution is 2.32. The molecular formula is C22H23N3O3. The van der Waals surface area contributed by atoms with Crippen LogP contribution in [0.1, 0.15) is 33.0 Å². The molecule has 0 atom stereocenters. The zero-order valence-electron chi connectivity index (χ0n) is 16.1. The standard InChI is InChI=1S/C22H23N3O3/c1-15-11-19(16(2)25(15)13-18-5-3-4-9-23-18)22(26)24-10-8-17-6-7-20-21(12-17)28-14-27-20/h3-7,9,11-12H,8,10,13-14H2,1-2H3,(H,24,26). The fraction of sp³-hybridized carbons (Fsp3) is 0.273. The summed E-state index contributed by atoms with van der Waals surface area (Å²) in [4.78, 5) is 17.1. The number of carbonyl (C=O) groups excluding carboxylic acids is 1. The third-order valence-electron chi connectivity index (χ3n) is 5.00. The zero-order chi connectivity index (χ0) is 19.5. The van der Waals surface area contributed by atoms with E-state index in [2.05, 4.69) is 14.9 Å². The first-order valence-corrected chi connectivity index (χ1v) is 9.35. The van der Waals surface area contributed by atoms with Gasteiger partial charge in [-0.25, -0.2) is 0 Å². The van der Waals surface area contributed by atoms with E-state index in [1.54, 1.807) is 6.20 Å². The van der Waals surface area contributed by atoms with Crippen LogP contribution in [-0.2, 0) is 13.0 Å². The molecule has 0 bridgehead atoms. The Labute approximate surface area is 164 Å². The lowest BCUT2D eigenvalue weighted by molar-refractivity contribution is 0.0953. The van der Waals surface area contributed by atoms with Crippen LogP contribution < -0.4 is 14.8 Å². The van der Waals surface area contributed by atoms with Crippen LogP contribution in [-0.4, -0.2) is 28.8 Å². The largest absolute Gasteiger partial charge is 0.454 e. The maximum absolute atomic E-state index is 12.7. The van der Waals surface area contributed by atoms with E-state index in [9.17, 15) is 4.79 Å². The Bertz CT molecular complexity index is 996. The number of nitrogens with one attached hydrogen (secondary N) is 1. The van der Waals surface area contributed by atoms with Crippen molar-refractivity contribution in [3.05, 3.63) is 76.9 Å². The van der Waals surface area contributed by atoms with Gasteiger partial charge in [-0.2, -0.15) is 0 Å². The molecule has 3 aromatic rings. The van der Waals surface area contributed by atoms with Gasteiger partial charge in [0, 0.05) is 24.1 Å². The lowest BCUT2D eigenvalue weighted by atomic mass is 10.1. The van der Waals surface area contributed by atoms with Gasteiger partial charge in [0.2, 0.25) is 6.79 Å². The number of hydrogen-bond acceptors (Lipinski definition) is 4. The Morgan fingerprint density at radius 2 is 2.00 bits per heavy atom. The van der Waals surface area contributed by atoms with Crippen molar-refractivity contribution in [3.63, 3.8) is 0 Å². The van der Waals surface area contributed by atoms with Crippen LogP contribution in [0.2, 0.25) is 0 Å². The Hall–Kier alpha value is -3.28. The molecule has 1 aliphatic heterocycles. The van der Waals surface area contributed by atoms with Crippen LogP contribution in [0.15, 0.2) is 48.7 Å². The summed E-state index contributed by atoms with van der Waals surface area (Å²) in [6.45, 7) is 5.47. The van der Waals surface area contributed by atoms with Crippen LogP contribution in [0.3, 0.4) is 0 Å². The fourth-order valence-corrected chi connectivity index (χ4v) is 3.44. The van der Waals surface area contributed by atoms with Crippen molar-refractivity contribution < 1.29 is 14.3 Å². The number of rotatable bonds is 6. The summed E-state index contributed by atoms with van der Waals surface area (Å²) in [6, 6.07) is 13.7. The predicted molar refractivity (Wildman–Crippen MR) is 106 cm³/mol. The molecule has 0 spiro atoms. The highest BCUT2D eigenvalue weighted by atomic mass is 16.7. The molecule has 1 aromatic carbocycles. The topological polar surface area (TPSA) is 65.4 Å². The van der Waals surface area contributed by atoms with Gasteiger partial charge in [-0.1, -0.05) is 12.1 Å². The monoisotopic (exact) mass is 377 g/mol. The number of fused-ring (bicyclic) bond motifs is 1. The number of hydrogen-bond donors (Lipinski definition) is 1. The first-order valence-electron chi connectivity index (χ1n) is 9.35. The molecule has 1 N–H and O–H groups in total. The molecule has 1 amide bonds. The van der Waals surface area contributed by atoms with E-state index in [0.29, 0.717) is 18.7 Å². The Morgan fingerprint density at radius 3 is 2.82 bits per heavy atom. The van der Waals surface area contributed by atoms with Crippen LogP contribution in [0.4, 0.5) is 0 Å². The van der Waals surface area contributed by atoms with Gasteiger partial charge >= 0.3 is 0 Å². The number of nitrogens with zero attached hydrogens (tertiary/aromatic N) is 2. The molecule has 0 saturated carbocycles. The number of benzene rings is 1. The van der Waals surface area contributed by atoms with E-state index < -0.39 is 0 Å². The summed E-state index contributed by atoms with van der Waals surface area (Å²) in [6.07, 6.45) is 2.52. The van der Waals surface area contributed by atoms with Crippen molar-refractivity contribution in [2.24, 2.45) is 0 Å². The average Bonchev–Trinajstić information content (AvgIpc) is 3.28. The molecule has 1 aliphatic rings. The summed E-state index contributed by atoms with van der Waals surface area (Å²) in [7, 11) is 0. The highest BCUT2D eigenvalue weighted by molar-refractivity contribution is 5.95. The molecule has 0 radical (unpaired) electrons. The molecule has 3 heterocycles. The molecule has 28 heavy (non-hydrogen) atoms. The van der Waals surface area contributed by atoms with Gasteiger partial charge in [-0.3, -0.25) is 9.78 Å². The molecule has 4 rings (SSSR count). The normalized spacial score (nSPS) is 12.2. The lowest BCUT2D eigenvalue weighted by Crippen LogP contribution is -2.26. The molecule has 0 aliphatic carbocycles. The molecular weight excluding hydrogens is 354 g/mol. The predicted octanol–water partition coefficient (Wildman–Crippen LogP) is 3.25. The van der Waals surface area contributed by atoms with Crippen LogP contribution in [0.5, 0.6) is 11.5 Å². The summed E-state index contributed by atoms with van der Waals surface area (Å²) < 4.78 is 12.8. The second kappa shape index (κ2) is 7.76. The van der Waals surface area contributed by atoms with Gasteiger partial charge in [0.15, 0.2) is 11.5 Å². The number of pyridine rings is 1. The Morgan fingerprint density at radius 1 is 1.14 bits per heavy atom. The van der Waals surface area contributed by atoms with Crippen LogP contribution in [0.25, 0.3) is 0 Å². The molecule has 6 heteroatoms. The van der Waals surface area contributed by atoms with Crippen molar-refractivity contribution in [1.29, 1.82) is 0 Å². The minimum Gasteiger partial charge on any atom is -0.454 e. The van der Waals surface area contributed by atoms with E-state index in [1.807, 2.05) is 56.3 Å². The number of ether oxygens (including phenoxy) is 2. The summed E-state index contributed by atoms with van der Waals surface area (Å²) >= 11 is 0. The first kappa shape index (κ1) is 18.1. The summed E-state index contributed by atoms with van der Waals surface area (Å²) in [5, 5.41) is 3.02. The van der Waals surface area contributed by atoms with Gasteiger partial charge in [-0.15, -0.1) is 0 Å². The van der Waals surface area contributed by atoms with Crippen molar-refractivity contribution in [3.8, 4) is 11.5 Å². The number of amides is 1. The van der Waals surface area contributed by atoms with E-state index in [1.165, 1.54) is 0 Å². The Kier molecular flexibility index (Phi) is 5.02. The van der Waals surface area contributed by atoms with Gasteiger partial charge < -0.3 is 19.4 Å². The molecule has 2 aromatic heterocycles. The van der Waals surface area contributed by atoms with Crippen LogP contribution in [0, 0.1) is 13.8 Å². The van der Waals surface area contributed by atoms with E-state index in [0.717, 1.165) is 40.6 Å². The minimum atomic E-state index is -0.0545. The van der Waals surface area contributed by atoms with Gasteiger partial charge in [0.05, 0.1) is 17.8 Å². The third kappa shape index (κ3) is 3.71. The molecule has 144 valence electrons. The van der Waals surface area contributed by atoms with E-state index >= 15 is 0 Å². The number of aryl methyl sites for hydroxylation is 1. The van der Waals surface area contributed by atoms with Crippen LogP contribution >= 0.6 is 0 Å². The molecule has 0 fully saturated rings. The van der Waals surface area contributed by atoms with E-state index in [4.69, 9.17) is 9.47 Å². The number of carbonyl (C=O) groups is 1. The zero-order valence-corrected chi connectivity index (χ0v) is 16.1. The second-order valence-corrected chi connectivity index (χ2v) is 6.89. The third-order valence-corrected chi connectivity index (χ3v) is 5.00. The minimum absolute atomic E-state index is 0.0545. The fourth-order valence-electron chi connectivity index (χ4n) is 3.44. The van der Waals surface area contributed by atoms with E-state index in [-0.39, 0.29) is 12.7 Å². The molecule has 0 saturated heterocycles. The average molecular weight is 377 g/mol. The highest BCUT2D eigenvalue weighted by Gasteiger charge is 2.16. The van der Waals surface area contributed by atoms with Crippen molar-refractivity contribution in [1.82, 2.24) is 14.9 Å².